The van der Waals surface area contributed by atoms with E-state index in [2.05, 4.69) is 21.2 Å². The van der Waals surface area contributed by atoms with Gasteiger partial charge in [-0.1, -0.05) is 46.3 Å². The molecule has 0 aliphatic heterocycles. The molecule has 1 amide bonds. The number of rotatable bonds is 6. The third kappa shape index (κ3) is 4.88. The maximum absolute atomic E-state index is 11.6. The van der Waals surface area contributed by atoms with Crippen molar-refractivity contribution in [3.05, 3.63) is 74.7 Å². The molecule has 0 fully saturated rings. The molecule has 3 N–H and O–H groups in total. The maximum Gasteiger partial charge on any atom is 0.262 e. The summed E-state index contributed by atoms with van der Waals surface area (Å²) in [4.78, 5) is 11.6. The van der Waals surface area contributed by atoms with E-state index < -0.39 is 5.91 Å². The Morgan fingerprint density at radius 3 is 2.67 bits per heavy atom. The van der Waals surface area contributed by atoms with Gasteiger partial charge < -0.3 is 11.1 Å². The fraction of sp³-hybridized carbons (Fsp3) is 0.111. The highest BCUT2D eigenvalue weighted by Gasteiger charge is 2.14. The van der Waals surface area contributed by atoms with Crippen LogP contribution in [0.5, 0.6) is 0 Å². The Bertz CT molecular complexity index is 827. The van der Waals surface area contributed by atoms with Crippen molar-refractivity contribution in [2.75, 3.05) is 5.32 Å². The van der Waals surface area contributed by atoms with Crippen LogP contribution in [-0.4, -0.2) is 5.91 Å². The number of nitrogens with one attached hydrogen (secondary N) is 1. The van der Waals surface area contributed by atoms with Gasteiger partial charge in [0.25, 0.3) is 5.91 Å². The van der Waals surface area contributed by atoms with E-state index in [1.54, 1.807) is 0 Å². The summed E-state index contributed by atoms with van der Waals surface area (Å²) >= 11 is 4.81. The number of aryl methyl sites for hydroxylation is 1. The van der Waals surface area contributed by atoms with E-state index in [0.717, 1.165) is 21.3 Å². The molecule has 24 heavy (non-hydrogen) atoms. The van der Waals surface area contributed by atoms with Crippen LogP contribution >= 0.6 is 27.7 Å². The summed E-state index contributed by atoms with van der Waals surface area (Å²) in [6, 6.07) is 17.4. The average Bonchev–Trinajstić information content (AvgIpc) is 2.55. The zero-order chi connectivity index (χ0) is 17.5. The van der Waals surface area contributed by atoms with Gasteiger partial charge in [0.1, 0.15) is 11.6 Å². The number of carbonyl (C=O) groups excluding carboxylic acids is 1. The van der Waals surface area contributed by atoms with E-state index in [-0.39, 0.29) is 5.57 Å². The van der Waals surface area contributed by atoms with Crippen molar-refractivity contribution in [2.24, 2.45) is 5.73 Å². The van der Waals surface area contributed by atoms with Crippen LogP contribution in [0.15, 0.2) is 63.6 Å². The minimum absolute atomic E-state index is 0.0711. The first-order valence-corrected chi connectivity index (χ1v) is 8.93. The number of primary amides is 1. The molecule has 0 aliphatic rings. The van der Waals surface area contributed by atoms with Crippen LogP contribution in [0, 0.1) is 18.3 Å². The van der Waals surface area contributed by atoms with Crippen molar-refractivity contribution in [1.82, 2.24) is 0 Å². The third-order valence-electron chi connectivity index (χ3n) is 3.25. The van der Waals surface area contributed by atoms with Crippen LogP contribution in [0.1, 0.15) is 11.1 Å². The SMILES string of the molecule is Cc1ccccc1NC(SCc1cccc(Br)c1)=C(C#N)C(N)=O. The number of halogens is 1. The zero-order valence-electron chi connectivity index (χ0n) is 13.0. The van der Waals surface area contributed by atoms with E-state index in [0.29, 0.717) is 10.8 Å². The minimum Gasteiger partial charge on any atom is -0.365 e. The van der Waals surface area contributed by atoms with Crippen molar-refractivity contribution in [1.29, 1.82) is 5.26 Å². The molecular formula is C18H16BrN3OS. The fourth-order valence-corrected chi connectivity index (χ4v) is 3.42. The summed E-state index contributed by atoms with van der Waals surface area (Å²) in [5.41, 5.74) is 8.20. The number of hydrogen-bond donors (Lipinski definition) is 2. The lowest BCUT2D eigenvalue weighted by Gasteiger charge is -2.14. The summed E-state index contributed by atoms with van der Waals surface area (Å²) < 4.78 is 0.980. The number of para-hydroxylation sites is 1. The second-order valence-electron chi connectivity index (χ2n) is 5.04. The molecule has 0 atom stereocenters. The molecule has 0 aliphatic carbocycles. The Morgan fingerprint density at radius 1 is 1.29 bits per heavy atom. The summed E-state index contributed by atoms with van der Waals surface area (Å²) in [5.74, 6) is -0.137. The number of carbonyl (C=O) groups is 1. The highest BCUT2D eigenvalue weighted by molar-refractivity contribution is 9.10. The molecule has 0 saturated carbocycles. The van der Waals surface area contributed by atoms with Crippen molar-refractivity contribution in [2.45, 2.75) is 12.7 Å². The topological polar surface area (TPSA) is 78.9 Å². The minimum atomic E-state index is -0.740. The molecule has 0 saturated heterocycles. The molecule has 0 bridgehead atoms. The van der Waals surface area contributed by atoms with Gasteiger partial charge >= 0.3 is 0 Å². The number of thioether (sulfide) groups is 1. The summed E-state index contributed by atoms with van der Waals surface area (Å²) in [5, 5.41) is 12.9. The number of nitriles is 1. The largest absolute Gasteiger partial charge is 0.365 e. The standard InChI is InChI=1S/C18H16BrN3OS/c1-12-5-2-3-8-16(12)22-18(15(10-20)17(21)23)24-11-13-6-4-7-14(19)9-13/h2-9,22H,11H2,1H3,(H2,21,23). The summed E-state index contributed by atoms with van der Waals surface area (Å²) in [6.45, 7) is 1.95. The van der Waals surface area contributed by atoms with Gasteiger partial charge in [-0.05, 0) is 36.2 Å². The first-order chi connectivity index (χ1) is 11.5. The van der Waals surface area contributed by atoms with Gasteiger partial charge in [0.05, 0.1) is 5.03 Å². The molecule has 2 aromatic carbocycles. The highest BCUT2D eigenvalue weighted by atomic mass is 79.9. The third-order valence-corrected chi connectivity index (χ3v) is 4.82. The average molecular weight is 402 g/mol. The van der Waals surface area contributed by atoms with E-state index >= 15 is 0 Å². The Hall–Kier alpha value is -2.23. The van der Waals surface area contributed by atoms with Gasteiger partial charge in [-0.3, -0.25) is 4.79 Å². The van der Waals surface area contributed by atoms with Gasteiger partial charge in [-0.15, -0.1) is 11.8 Å². The number of nitrogens with zero attached hydrogens (tertiary/aromatic N) is 1. The van der Waals surface area contributed by atoms with Crippen LogP contribution in [0.2, 0.25) is 0 Å². The van der Waals surface area contributed by atoms with Gasteiger partial charge in [0.15, 0.2) is 0 Å². The van der Waals surface area contributed by atoms with Crippen LogP contribution < -0.4 is 11.1 Å². The Morgan fingerprint density at radius 2 is 2.04 bits per heavy atom. The lowest BCUT2D eigenvalue weighted by molar-refractivity contribution is -0.114. The first kappa shape index (κ1) is 18.1. The Labute approximate surface area is 153 Å². The number of anilines is 1. The van der Waals surface area contributed by atoms with Gasteiger partial charge in [0, 0.05) is 15.9 Å². The fourth-order valence-electron chi connectivity index (χ4n) is 2.01. The number of amides is 1. The lowest BCUT2D eigenvalue weighted by Crippen LogP contribution is -2.17. The molecule has 0 radical (unpaired) electrons. The molecule has 0 spiro atoms. The van der Waals surface area contributed by atoms with Crippen LogP contribution in [0.25, 0.3) is 0 Å². The van der Waals surface area contributed by atoms with Gasteiger partial charge in [0.2, 0.25) is 0 Å². The normalized spacial score (nSPS) is 11.4. The zero-order valence-corrected chi connectivity index (χ0v) is 15.4. The summed E-state index contributed by atoms with van der Waals surface area (Å²) in [7, 11) is 0. The molecule has 0 aromatic heterocycles. The molecule has 2 rings (SSSR count). The number of benzene rings is 2. The Balaban J connectivity index is 2.29. The lowest BCUT2D eigenvalue weighted by atomic mass is 10.2. The quantitative estimate of drug-likeness (QED) is 0.557. The van der Waals surface area contributed by atoms with Crippen LogP contribution in [0.3, 0.4) is 0 Å². The smallest absolute Gasteiger partial charge is 0.262 e. The Kier molecular flexibility index (Phi) is 6.47. The first-order valence-electron chi connectivity index (χ1n) is 7.15. The highest BCUT2D eigenvalue weighted by Crippen LogP contribution is 2.28. The van der Waals surface area contributed by atoms with Crippen LogP contribution in [-0.2, 0) is 10.5 Å². The molecule has 6 heteroatoms. The predicted octanol–water partition coefficient (Wildman–Crippen LogP) is 4.32. The summed E-state index contributed by atoms with van der Waals surface area (Å²) in [6.07, 6.45) is 0. The van der Waals surface area contributed by atoms with Crippen molar-refractivity contribution < 1.29 is 4.79 Å². The van der Waals surface area contributed by atoms with Crippen molar-refractivity contribution in [3.63, 3.8) is 0 Å². The molecule has 2 aromatic rings. The van der Waals surface area contributed by atoms with Gasteiger partial charge in [-0.25, -0.2) is 0 Å². The van der Waals surface area contributed by atoms with E-state index in [4.69, 9.17) is 5.73 Å². The molecule has 4 nitrogen and oxygen atoms in total. The van der Waals surface area contributed by atoms with Crippen LogP contribution in [0.4, 0.5) is 5.69 Å². The molecule has 0 heterocycles. The monoisotopic (exact) mass is 401 g/mol. The second-order valence-corrected chi connectivity index (χ2v) is 6.94. The molecule has 122 valence electrons. The van der Waals surface area contributed by atoms with E-state index in [1.165, 1.54) is 11.8 Å². The van der Waals surface area contributed by atoms with Crippen molar-refractivity contribution >= 4 is 39.3 Å². The number of hydrogen-bond acceptors (Lipinski definition) is 4. The number of nitrogens with two attached hydrogens (primary N) is 1. The van der Waals surface area contributed by atoms with E-state index in [9.17, 15) is 10.1 Å². The predicted molar refractivity (Wildman–Crippen MR) is 102 cm³/mol. The van der Waals surface area contributed by atoms with E-state index in [1.807, 2.05) is 61.5 Å². The molecule has 0 unspecified atom stereocenters. The van der Waals surface area contributed by atoms with Crippen molar-refractivity contribution in [3.8, 4) is 6.07 Å². The molecular weight excluding hydrogens is 386 g/mol. The second kappa shape index (κ2) is 8.57. The maximum atomic E-state index is 11.6. The van der Waals surface area contributed by atoms with Gasteiger partial charge in [-0.2, -0.15) is 5.26 Å².